The highest BCUT2D eigenvalue weighted by atomic mass is 16.5. The van der Waals surface area contributed by atoms with Crippen LogP contribution < -0.4 is 11.1 Å². The molecule has 0 saturated carbocycles. The summed E-state index contributed by atoms with van der Waals surface area (Å²) in [4.78, 5) is 11.5. The molecule has 1 amide bonds. The van der Waals surface area contributed by atoms with E-state index < -0.39 is 0 Å². The highest BCUT2D eigenvalue weighted by molar-refractivity contribution is 5.76. The van der Waals surface area contributed by atoms with E-state index in [1.54, 1.807) is 12.3 Å². The second-order valence-corrected chi connectivity index (χ2v) is 4.93. The number of amides is 1. The first-order valence-electron chi connectivity index (χ1n) is 5.31. The van der Waals surface area contributed by atoms with Gasteiger partial charge in [0.2, 0.25) is 5.91 Å². The van der Waals surface area contributed by atoms with Crippen LogP contribution >= 0.6 is 0 Å². The Morgan fingerprint density at radius 1 is 1.62 bits per heavy atom. The van der Waals surface area contributed by atoms with Crippen molar-refractivity contribution < 1.29 is 9.32 Å². The molecular weight excluding hydrogens is 206 g/mol. The molecule has 0 saturated heterocycles. The average molecular weight is 225 g/mol. The molecule has 3 N–H and O–H groups in total. The summed E-state index contributed by atoms with van der Waals surface area (Å²) in [5.41, 5.74) is 5.84. The van der Waals surface area contributed by atoms with Crippen molar-refractivity contribution in [2.45, 2.75) is 39.8 Å². The second-order valence-electron chi connectivity index (χ2n) is 4.93. The van der Waals surface area contributed by atoms with Crippen molar-refractivity contribution in [3.8, 4) is 0 Å². The maximum absolute atomic E-state index is 11.5. The van der Waals surface area contributed by atoms with Gasteiger partial charge in [-0.3, -0.25) is 4.79 Å². The third-order valence-corrected chi connectivity index (χ3v) is 2.47. The molecular formula is C11H19N3O2. The number of nitrogens with one attached hydrogen (secondary N) is 1. The fraction of sp³-hybridized carbons (Fsp3) is 0.636. The van der Waals surface area contributed by atoms with Gasteiger partial charge in [0.1, 0.15) is 0 Å². The van der Waals surface area contributed by atoms with Gasteiger partial charge < -0.3 is 15.6 Å². The number of carbonyl (C=O) groups excluding carboxylic acids is 1. The largest absolute Gasteiger partial charge is 0.360 e. The summed E-state index contributed by atoms with van der Waals surface area (Å²) in [7, 11) is 0. The van der Waals surface area contributed by atoms with Gasteiger partial charge in [-0.2, -0.15) is 0 Å². The molecule has 5 nitrogen and oxygen atoms in total. The van der Waals surface area contributed by atoms with E-state index in [1.165, 1.54) is 0 Å². The van der Waals surface area contributed by atoms with E-state index in [0.29, 0.717) is 18.7 Å². The number of hydrogen-bond donors (Lipinski definition) is 2. The van der Waals surface area contributed by atoms with E-state index in [1.807, 2.05) is 20.8 Å². The topological polar surface area (TPSA) is 81.2 Å². The van der Waals surface area contributed by atoms with Crippen LogP contribution in [0.1, 0.15) is 33.0 Å². The second kappa shape index (κ2) is 5.12. The summed E-state index contributed by atoms with van der Waals surface area (Å²) in [5.74, 6) is 0.566. The zero-order chi connectivity index (χ0) is 12.2. The number of carbonyl (C=O) groups is 1. The Balaban J connectivity index is 2.31. The molecule has 1 rings (SSSR count). The number of nitrogens with two attached hydrogens (primary N) is 1. The van der Waals surface area contributed by atoms with Crippen LogP contribution in [-0.2, 0) is 11.3 Å². The standard InChI is InChI=1S/C11H19N3O2/c1-11(2,3)9(12)6-10(15)13-7-8-4-5-14-16-8/h4-5,9H,6-7,12H2,1-3H3,(H,13,15). The summed E-state index contributed by atoms with van der Waals surface area (Å²) >= 11 is 0. The Morgan fingerprint density at radius 3 is 2.81 bits per heavy atom. The smallest absolute Gasteiger partial charge is 0.221 e. The van der Waals surface area contributed by atoms with Gasteiger partial charge in [0, 0.05) is 18.5 Å². The van der Waals surface area contributed by atoms with E-state index in [9.17, 15) is 4.79 Å². The minimum absolute atomic E-state index is 0.0659. The predicted molar refractivity (Wildman–Crippen MR) is 60.4 cm³/mol. The quantitative estimate of drug-likeness (QED) is 0.802. The van der Waals surface area contributed by atoms with Crippen molar-refractivity contribution in [2.75, 3.05) is 0 Å². The van der Waals surface area contributed by atoms with Gasteiger partial charge in [-0.25, -0.2) is 0 Å². The number of nitrogens with zero attached hydrogens (tertiary/aromatic N) is 1. The zero-order valence-electron chi connectivity index (χ0n) is 9.99. The molecule has 1 aromatic heterocycles. The lowest BCUT2D eigenvalue weighted by Crippen LogP contribution is -2.39. The summed E-state index contributed by atoms with van der Waals surface area (Å²) in [6.45, 7) is 6.40. The lowest BCUT2D eigenvalue weighted by Gasteiger charge is -2.26. The summed E-state index contributed by atoms with van der Waals surface area (Å²) in [6, 6.07) is 1.56. The Hall–Kier alpha value is -1.36. The number of rotatable bonds is 4. The Labute approximate surface area is 95.4 Å². The van der Waals surface area contributed by atoms with Crippen LogP contribution in [0, 0.1) is 5.41 Å². The van der Waals surface area contributed by atoms with E-state index in [-0.39, 0.29) is 17.4 Å². The van der Waals surface area contributed by atoms with Crippen molar-refractivity contribution in [2.24, 2.45) is 11.1 Å². The van der Waals surface area contributed by atoms with Gasteiger partial charge in [-0.1, -0.05) is 25.9 Å². The van der Waals surface area contributed by atoms with Crippen LogP contribution in [0.15, 0.2) is 16.8 Å². The maximum Gasteiger partial charge on any atom is 0.221 e. The molecule has 90 valence electrons. The van der Waals surface area contributed by atoms with Crippen molar-refractivity contribution in [3.63, 3.8) is 0 Å². The van der Waals surface area contributed by atoms with Crippen LogP contribution in [-0.4, -0.2) is 17.1 Å². The van der Waals surface area contributed by atoms with Crippen molar-refractivity contribution in [1.82, 2.24) is 10.5 Å². The minimum atomic E-state index is -0.151. The highest BCUT2D eigenvalue weighted by Crippen LogP contribution is 2.19. The van der Waals surface area contributed by atoms with Gasteiger partial charge in [-0.05, 0) is 5.41 Å². The monoisotopic (exact) mass is 225 g/mol. The Morgan fingerprint density at radius 2 is 2.31 bits per heavy atom. The molecule has 0 aliphatic heterocycles. The van der Waals surface area contributed by atoms with Gasteiger partial charge in [-0.15, -0.1) is 0 Å². The van der Waals surface area contributed by atoms with Gasteiger partial charge in [0.05, 0.1) is 12.7 Å². The molecule has 0 aliphatic rings. The molecule has 1 unspecified atom stereocenters. The minimum Gasteiger partial charge on any atom is -0.360 e. The zero-order valence-corrected chi connectivity index (χ0v) is 9.99. The lowest BCUT2D eigenvalue weighted by molar-refractivity contribution is -0.122. The fourth-order valence-corrected chi connectivity index (χ4v) is 1.10. The third kappa shape index (κ3) is 4.02. The van der Waals surface area contributed by atoms with Crippen LogP contribution in [0.3, 0.4) is 0 Å². The third-order valence-electron chi connectivity index (χ3n) is 2.47. The van der Waals surface area contributed by atoms with Crippen molar-refractivity contribution in [3.05, 3.63) is 18.0 Å². The maximum atomic E-state index is 11.5. The summed E-state index contributed by atoms with van der Waals surface area (Å²) < 4.78 is 4.86. The number of hydrogen-bond acceptors (Lipinski definition) is 4. The molecule has 0 aromatic carbocycles. The average Bonchev–Trinajstić information content (AvgIpc) is 2.65. The van der Waals surface area contributed by atoms with E-state index in [4.69, 9.17) is 10.3 Å². The Kier molecular flexibility index (Phi) is 4.06. The van der Waals surface area contributed by atoms with Gasteiger partial charge in [0.25, 0.3) is 0 Å². The first kappa shape index (κ1) is 12.7. The first-order valence-corrected chi connectivity index (χ1v) is 5.31. The molecule has 1 atom stereocenters. The molecule has 0 bridgehead atoms. The normalized spacial score (nSPS) is 13.5. The Bertz CT molecular complexity index is 327. The van der Waals surface area contributed by atoms with E-state index >= 15 is 0 Å². The first-order chi connectivity index (χ1) is 7.39. The molecule has 0 spiro atoms. The van der Waals surface area contributed by atoms with Crippen LogP contribution in [0.2, 0.25) is 0 Å². The van der Waals surface area contributed by atoms with E-state index in [0.717, 1.165) is 0 Å². The van der Waals surface area contributed by atoms with Gasteiger partial charge >= 0.3 is 0 Å². The molecule has 1 heterocycles. The van der Waals surface area contributed by atoms with Crippen LogP contribution in [0.5, 0.6) is 0 Å². The van der Waals surface area contributed by atoms with Crippen LogP contribution in [0.25, 0.3) is 0 Å². The van der Waals surface area contributed by atoms with Gasteiger partial charge in [0.15, 0.2) is 5.76 Å². The predicted octanol–water partition coefficient (Wildman–Crippen LogP) is 1.05. The highest BCUT2D eigenvalue weighted by Gasteiger charge is 2.22. The fourth-order valence-electron chi connectivity index (χ4n) is 1.10. The SMILES string of the molecule is CC(C)(C)C(N)CC(=O)NCc1ccno1. The number of aromatic nitrogens is 1. The van der Waals surface area contributed by atoms with Crippen molar-refractivity contribution in [1.29, 1.82) is 0 Å². The molecule has 16 heavy (non-hydrogen) atoms. The van der Waals surface area contributed by atoms with Crippen LogP contribution in [0.4, 0.5) is 0 Å². The summed E-state index contributed by atoms with van der Waals surface area (Å²) in [6.07, 6.45) is 1.86. The van der Waals surface area contributed by atoms with E-state index in [2.05, 4.69) is 10.5 Å². The molecule has 5 heteroatoms. The lowest BCUT2D eigenvalue weighted by atomic mass is 9.85. The molecule has 0 radical (unpaired) electrons. The molecule has 0 fully saturated rings. The molecule has 0 aliphatic carbocycles. The van der Waals surface area contributed by atoms with Crippen molar-refractivity contribution >= 4 is 5.91 Å². The molecule has 1 aromatic rings. The summed E-state index contributed by atoms with van der Waals surface area (Å²) in [5, 5.41) is 6.28.